The first-order valence-electron chi connectivity index (χ1n) is 8.01. The van der Waals surface area contributed by atoms with E-state index in [1.165, 1.54) is 12.5 Å². The van der Waals surface area contributed by atoms with Crippen molar-refractivity contribution in [3.8, 4) is 0 Å². The number of nitrogens with zero attached hydrogens (tertiary/aromatic N) is 1. The number of rotatable bonds is 10. The predicted octanol–water partition coefficient (Wildman–Crippen LogP) is -2.26. The summed E-state index contributed by atoms with van der Waals surface area (Å²) in [6.45, 7) is 2.61. The summed E-state index contributed by atoms with van der Waals surface area (Å²) >= 11 is 0. The SMILES string of the molecule is CC(C)C(NC(=O)CN)C(=O)NC(Cc1cnc[nH]1)C(=O)NCC(=O)O. The van der Waals surface area contributed by atoms with Crippen molar-refractivity contribution in [1.29, 1.82) is 0 Å². The van der Waals surface area contributed by atoms with E-state index in [1.807, 2.05) is 0 Å². The van der Waals surface area contributed by atoms with Gasteiger partial charge < -0.3 is 31.8 Å². The van der Waals surface area contributed by atoms with E-state index in [9.17, 15) is 19.2 Å². The van der Waals surface area contributed by atoms with Gasteiger partial charge in [0.25, 0.3) is 0 Å². The predicted molar refractivity (Wildman–Crippen MR) is 90.7 cm³/mol. The third kappa shape index (κ3) is 6.89. The second kappa shape index (κ2) is 10.1. The Kier molecular flexibility index (Phi) is 8.22. The number of carboxylic acid groups (broad SMARTS) is 1. The van der Waals surface area contributed by atoms with Crippen LogP contribution in [0.2, 0.25) is 0 Å². The minimum Gasteiger partial charge on any atom is -0.480 e. The molecule has 0 aliphatic heterocycles. The summed E-state index contributed by atoms with van der Waals surface area (Å²) in [7, 11) is 0. The van der Waals surface area contributed by atoms with Gasteiger partial charge in [-0.2, -0.15) is 0 Å². The minimum atomic E-state index is -1.21. The zero-order valence-corrected chi connectivity index (χ0v) is 14.6. The normalized spacial score (nSPS) is 12.9. The van der Waals surface area contributed by atoms with E-state index >= 15 is 0 Å². The summed E-state index contributed by atoms with van der Waals surface area (Å²) in [5, 5.41) is 16.0. The Morgan fingerprint density at radius 2 is 1.92 bits per heavy atom. The lowest BCUT2D eigenvalue weighted by molar-refractivity contribution is -0.138. The zero-order chi connectivity index (χ0) is 19.7. The lowest BCUT2D eigenvalue weighted by Crippen LogP contribution is -2.56. The molecule has 11 heteroatoms. The van der Waals surface area contributed by atoms with E-state index in [0.717, 1.165) is 0 Å². The highest BCUT2D eigenvalue weighted by molar-refractivity contribution is 5.93. The molecule has 1 heterocycles. The second-order valence-electron chi connectivity index (χ2n) is 5.95. The molecule has 0 saturated carbocycles. The van der Waals surface area contributed by atoms with Crippen molar-refractivity contribution in [2.45, 2.75) is 32.4 Å². The van der Waals surface area contributed by atoms with Crippen LogP contribution in [0.1, 0.15) is 19.5 Å². The number of carbonyl (C=O) groups is 4. The molecule has 1 aromatic heterocycles. The van der Waals surface area contributed by atoms with Gasteiger partial charge in [-0.05, 0) is 5.92 Å². The quantitative estimate of drug-likeness (QED) is 0.269. The molecule has 1 aromatic rings. The molecule has 2 unspecified atom stereocenters. The van der Waals surface area contributed by atoms with Gasteiger partial charge in [0, 0.05) is 18.3 Å². The molecule has 7 N–H and O–H groups in total. The molecule has 1 rings (SSSR count). The molecule has 0 bridgehead atoms. The van der Waals surface area contributed by atoms with Gasteiger partial charge >= 0.3 is 5.97 Å². The average Bonchev–Trinajstić information content (AvgIpc) is 3.09. The maximum absolute atomic E-state index is 12.5. The first kappa shape index (κ1) is 21.1. The highest BCUT2D eigenvalue weighted by Gasteiger charge is 2.29. The molecule has 3 amide bonds. The van der Waals surface area contributed by atoms with Crippen LogP contribution in [0.15, 0.2) is 12.5 Å². The number of aromatic nitrogens is 2. The van der Waals surface area contributed by atoms with E-state index in [1.54, 1.807) is 13.8 Å². The van der Waals surface area contributed by atoms with E-state index in [0.29, 0.717) is 5.69 Å². The number of aromatic amines is 1. The lowest BCUT2D eigenvalue weighted by Gasteiger charge is -2.24. The molecule has 26 heavy (non-hydrogen) atoms. The molecule has 0 aliphatic rings. The number of hydrogen-bond donors (Lipinski definition) is 6. The fourth-order valence-electron chi connectivity index (χ4n) is 2.14. The maximum Gasteiger partial charge on any atom is 0.322 e. The van der Waals surface area contributed by atoms with Crippen LogP contribution < -0.4 is 21.7 Å². The molecule has 11 nitrogen and oxygen atoms in total. The first-order valence-corrected chi connectivity index (χ1v) is 8.01. The van der Waals surface area contributed by atoms with Crippen LogP contribution in [-0.2, 0) is 25.6 Å². The molecule has 144 valence electrons. The number of nitrogens with two attached hydrogens (primary N) is 1. The van der Waals surface area contributed by atoms with Crippen molar-refractivity contribution in [3.63, 3.8) is 0 Å². The highest BCUT2D eigenvalue weighted by atomic mass is 16.4. The number of aliphatic carboxylic acids is 1. The number of carboxylic acids is 1. The van der Waals surface area contributed by atoms with Gasteiger partial charge in [-0.25, -0.2) is 4.98 Å². The Hall–Kier alpha value is -2.95. The Bertz CT molecular complexity index is 630. The van der Waals surface area contributed by atoms with Gasteiger partial charge in [0.2, 0.25) is 17.7 Å². The van der Waals surface area contributed by atoms with Crippen LogP contribution in [-0.4, -0.2) is 63.9 Å². The van der Waals surface area contributed by atoms with Gasteiger partial charge in [-0.15, -0.1) is 0 Å². The fraction of sp³-hybridized carbons (Fsp3) is 0.533. The van der Waals surface area contributed by atoms with Crippen LogP contribution >= 0.6 is 0 Å². The van der Waals surface area contributed by atoms with Crippen molar-refractivity contribution in [2.75, 3.05) is 13.1 Å². The van der Waals surface area contributed by atoms with Crippen LogP contribution in [0, 0.1) is 5.92 Å². The van der Waals surface area contributed by atoms with Crippen LogP contribution in [0.25, 0.3) is 0 Å². The minimum absolute atomic E-state index is 0.0762. The molecule has 0 aliphatic carbocycles. The molecule has 0 spiro atoms. The zero-order valence-electron chi connectivity index (χ0n) is 14.6. The number of hydrogen-bond acceptors (Lipinski definition) is 6. The number of carbonyl (C=O) groups excluding carboxylic acids is 3. The summed E-state index contributed by atoms with van der Waals surface area (Å²) in [5.41, 5.74) is 5.83. The largest absolute Gasteiger partial charge is 0.480 e. The van der Waals surface area contributed by atoms with Gasteiger partial charge in [0.15, 0.2) is 0 Å². The van der Waals surface area contributed by atoms with Crippen LogP contribution in [0.4, 0.5) is 0 Å². The highest BCUT2D eigenvalue weighted by Crippen LogP contribution is 2.05. The number of imidazole rings is 1. The molecule has 2 atom stereocenters. The van der Waals surface area contributed by atoms with Crippen LogP contribution in [0.3, 0.4) is 0 Å². The van der Waals surface area contributed by atoms with Crippen molar-refractivity contribution < 1.29 is 24.3 Å². The number of nitrogens with one attached hydrogen (secondary N) is 4. The monoisotopic (exact) mass is 368 g/mol. The standard InChI is InChI=1S/C15H24N6O5/c1-8(2)13(21-11(22)4-16)15(26)20-10(3-9-5-17-7-19-9)14(25)18-6-12(23)24/h5,7-8,10,13H,3-4,6,16H2,1-2H3,(H,17,19)(H,18,25)(H,20,26)(H,21,22)(H,23,24). The van der Waals surface area contributed by atoms with E-state index in [-0.39, 0.29) is 18.9 Å². The smallest absolute Gasteiger partial charge is 0.322 e. The van der Waals surface area contributed by atoms with Gasteiger partial charge in [0.05, 0.1) is 12.9 Å². The second-order valence-corrected chi connectivity index (χ2v) is 5.95. The fourth-order valence-corrected chi connectivity index (χ4v) is 2.14. The summed E-state index contributed by atoms with van der Waals surface area (Å²) in [5.74, 6) is -3.19. The summed E-state index contributed by atoms with van der Waals surface area (Å²) in [4.78, 5) is 53.6. The Morgan fingerprint density at radius 1 is 1.23 bits per heavy atom. The van der Waals surface area contributed by atoms with Gasteiger partial charge in [0.1, 0.15) is 18.6 Å². The first-order chi connectivity index (χ1) is 12.2. The summed E-state index contributed by atoms with van der Waals surface area (Å²) < 4.78 is 0. The summed E-state index contributed by atoms with van der Waals surface area (Å²) in [6.07, 6.45) is 2.98. The van der Waals surface area contributed by atoms with Crippen molar-refractivity contribution in [1.82, 2.24) is 25.9 Å². The molecule has 0 fully saturated rings. The molecular weight excluding hydrogens is 344 g/mol. The van der Waals surface area contributed by atoms with Crippen LogP contribution in [0.5, 0.6) is 0 Å². The van der Waals surface area contributed by atoms with Gasteiger partial charge in [-0.3, -0.25) is 19.2 Å². The maximum atomic E-state index is 12.5. The number of H-pyrrole nitrogens is 1. The van der Waals surface area contributed by atoms with E-state index in [4.69, 9.17) is 10.8 Å². The number of amides is 3. The van der Waals surface area contributed by atoms with Crippen molar-refractivity contribution in [2.24, 2.45) is 11.7 Å². The van der Waals surface area contributed by atoms with Crippen molar-refractivity contribution >= 4 is 23.7 Å². The lowest BCUT2D eigenvalue weighted by atomic mass is 10.0. The molecular formula is C15H24N6O5. The van der Waals surface area contributed by atoms with Crippen molar-refractivity contribution in [3.05, 3.63) is 18.2 Å². The third-order valence-corrected chi connectivity index (χ3v) is 3.48. The Balaban J connectivity index is 2.87. The van der Waals surface area contributed by atoms with E-state index < -0.39 is 42.3 Å². The van der Waals surface area contributed by atoms with Gasteiger partial charge in [-0.1, -0.05) is 13.8 Å². The van der Waals surface area contributed by atoms with E-state index in [2.05, 4.69) is 25.9 Å². The summed E-state index contributed by atoms with van der Waals surface area (Å²) in [6, 6.07) is -1.93. The third-order valence-electron chi connectivity index (χ3n) is 3.48. The average molecular weight is 368 g/mol. The molecule has 0 saturated heterocycles. The molecule has 0 radical (unpaired) electrons. The Morgan fingerprint density at radius 3 is 2.42 bits per heavy atom. The topological polar surface area (TPSA) is 179 Å². The Labute approximate surface area is 150 Å². The molecule has 0 aromatic carbocycles.